The Hall–Kier alpha value is -1.62. The van der Waals surface area contributed by atoms with Crippen molar-refractivity contribution in [3.05, 3.63) is 29.6 Å². The molecule has 0 atom stereocenters. The van der Waals surface area contributed by atoms with Crippen LogP contribution in [0.3, 0.4) is 0 Å². The molecule has 17 heavy (non-hydrogen) atoms. The Morgan fingerprint density at radius 3 is 2.71 bits per heavy atom. The van der Waals surface area contributed by atoms with Crippen molar-refractivity contribution in [2.75, 3.05) is 13.1 Å². The number of nitrogens with one attached hydrogen (secondary N) is 1. The average Bonchev–Trinajstić information content (AvgIpc) is 2.26. The van der Waals surface area contributed by atoms with E-state index in [9.17, 15) is 14.3 Å². The van der Waals surface area contributed by atoms with Crippen LogP contribution in [0.5, 0.6) is 5.75 Å². The highest BCUT2D eigenvalue weighted by Gasteiger charge is 2.18. The van der Waals surface area contributed by atoms with Gasteiger partial charge in [-0.15, -0.1) is 0 Å². The van der Waals surface area contributed by atoms with Gasteiger partial charge in [-0.05, 0) is 24.1 Å². The molecule has 0 spiro atoms. The molecule has 4 N–H and O–H groups in total. The summed E-state index contributed by atoms with van der Waals surface area (Å²) in [6.45, 7) is 4.65. The van der Waals surface area contributed by atoms with Crippen molar-refractivity contribution in [1.29, 1.82) is 0 Å². The second kappa shape index (κ2) is 5.14. The van der Waals surface area contributed by atoms with Gasteiger partial charge in [0.15, 0.2) is 0 Å². The quantitative estimate of drug-likeness (QED) is 0.741. The van der Waals surface area contributed by atoms with Crippen molar-refractivity contribution in [3.63, 3.8) is 0 Å². The molecule has 0 fully saturated rings. The summed E-state index contributed by atoms with van der Waals surface area (Å²) in [6.07, 6.45) is 0. The molecule has 0 heterocycles. The lowest BCUT2D eigenvalue weighted by Crippen LogP contribution is -2.38. The highest BCUT2D eigenvalue weighted by Crippen LogP contribution is 2.18. The van der Waals surface area contributed by atoms with Crippen LogP contribution in [0.4, 0.5) is 4.39 Å². The van der Waals surface area contributed by atoms with Gasteiger partial charge in [-0.1, -0.05) is 13.8 Å². The standard InChI is InChI=1S/C12H17FN2O2/c1-12(2,6-14)7-15-11(17)9-4-3-8(13)5-10(9)16/h3-5,16H,6-7,14H2,1-2H3,(H,15,17). The topological polar surface area (TPSA) is 75.3 Å². The summed E-state index contributed by atoms with van der Waals surface area (Å²) in [5.41, 5.74) is 5.37. The van der Waals surface area contributed by atoms with Gasteiger partial charge in [0.25, 0.3) is 5.91 Å². The van der Waals surface area contributed by atoms with E-state index in [0.717, 1.165) is 12.1 Å². The molecular weight excluding hydrogens is 223 g/mol. The maximum absolute atomic E-state index is 12.7. The van der Waals surface area contributed by atoms with E-state index in [2.05, 4.69) is 5.32 Å². The lowest BCUT2D eigenvalue weighted by Gasteiger charge is -2.22. The third kappa shape index (κ3) is 3.71. The molecule has 0 radical (unpaired) electrons. The number of rotatable bonds is 4. The molecular formula is C12H17FN2O2. The average molecular weight is 240 g/mol. The lowest BCUT2D eigenvalue weighted by atomic mass is 9.94. The van der Waals surface area contributed by atoms with Gasteiger partial charge >= 0.3 is 0 Å². The molecule has 5 heteroatoms. The number of benzene rings is 1. The third-order valence-electron chi connectivity index (χ3n) is 2.48. The molecule has 94 valence electrons. The predicted molar refractivity (Wildman–Crippen MR) is 63.2 cm³/mol. The third-order valence-corrected chi connectivity index (χ3v) is 2.48. The monoisotopic (exact) mass is 240 g/mol. The highest BCUT2D eigenvalue weighted by molar-refractivity contribution is 5.96. The number of hydrogen-bond donors (Lipinski definition) is 3. The number of phenols is 1. The first-order valence-corrected chi connectivity index (χ1v) is 5.32. The van der Waals surface area contributed by atoms with Gasteiger partial charge in [-0.25, -0.2) is 4.39 Å². The second-order valence-corrected chi connectivity index (χ2v) is 4.71. The molecule has 1 rings (SSSR count). The molecule has 0 saturated carbocycles. The van der Waals surface area contributed by atoms with Gasteiger partial charge in [0, 0.05) is 12.6 Å². The summed E-state index contributed by atoms with van der Waals surface area (Å²) < 4.78 is 12.7. The zero-order chi connectivity index (χ0) is 13.1. The molecule has 1 aromatic carbocycles. The maximum atomic E-state index is 12.7. The fourth-order valence-electron chi connectivity index (χ4n) is 1.18. The minimum Gasteiger partial charge on any atom is -0.507 e. The Morgan fingerprint density at radius 2 is 2.18 bits per heavy atom. The van der Waals surface area contributed by atoms with E-state index in [0.29, 0.717) is 13.1 Å². The summed E-state index contributed by atoms with van der Waals surface area (Å²) >= 11 is 0. The van der Waals surface area contributed by atoms with E-state index in [1.807, 2.05) is 13.8 Å². The molecule has 0 aliphatic carbocycles. The van der Waals surface area contributed by atoms with Crippen molar-refractivity contribution >= 4 is 5.91 Å². The summed E-state index contributed by atoms with van der Waals surface area (Å²) in [7, 11) is 0. The Balaban J connectivity index is 2.71. The SMILES string of the molecule is CC(C)(CN)CNC(=O)c1ccc(F)cc1O. The number of carbonyl (C=O) groups is 1. The predicted octanol–water partition coefficient (Wildman–Crippen LogP) is 1.25. The van der Waals surface area contributed by atoms with Crippen LogP contribution in [0, 0.1) is 11.2 Å². The van der Waals surface area contributed by atoms with Crippen molar-refractivity contribution < 1.29 is 14.3 Å². The number of phenolic OH excluding ortho intramolecular Hbond substituents is 1. The number of hydrogen-bond acceptors (Lipinski definition) is 3. The molecule has 1 aromatic rings. The number of aromatic hydroxyl groups is 1. The zero-order valence-corrected chi connectivity index (χ0v) is 9.96. The number of nitrogens with two attached hydrogens (primary N) is 1. The summed E-state index contributed by atoms with van der Waals surface area (Å²) in [4.78, 5) is 11.7. The van der Waals surface area contributed by atoms with Crippen LogP contribution < -0.4 is 11.1 Å². The molecule has 1 amide bonds. The fraction of sp³-hybridized carbons (Fsp3) is 0.417. The number of carbonyl (C=O) groups excluding carboxylic acids is 1. The minimum atomic E-state index is -0.582. The van der Waals surface area contributed by atoms with Crippen molar-refractivity contribution in [2.24, 2.45) is 11.1 Å². The Kier molecular flexibility index (Phi) is 4.07. The van der Waals surface area contributed by atoms with Crippen LogP contribution in [-0.2, 0) is 0 Å². The lowest BCUT2D eigenvalue weighted by molar-refractivity contribution is 0.0935. The second-order valence-electron chi connectivity index (χ2n) is 4.71. The maximum Gasteiger partial charge on any atom is 0.255 e. The summed E-state index contributed by atoms with van der Waals surface area (Å²) in [5, 5.41) is 12.1. The Bertz CT molecular complexity index is 419. The molecule has 0 aliphatic rings. The first-order chi connectivity index (χ1) is 7.85. The normalized spacial score (nSPS) is 11.3. The molecule has 4 nitrogen and oxygen atoms in total. The van der Waals surface area contributed by atoms with E-state index in [1.165, 1.54) is 6.07 Å². The van der Waals surface area contributed by atoms with Crippen molar-refractivity contribution in [2.45, 2.75) is 13.8 Å². The van der Waals surface area contributed by atoms with Gasteiger partial charge in [0.2, 0.25) is 0 Å². The summed E-state index contributed by atoms with van der Waals surface area (Å²) in [5.74, 6) is -1.39. The van der Waals surface area contributed by atoms with Crippen LogP contribution in [0.1, 0.15) is 24.2 Å². The summed E-state index contributed by atoms with van der Waals surface area (Å²) in [6, 6.07) is 3.28. The molecule has 0 unspecified atom stereocenters. The first kappa shape index (κ1) is 13.4. The van der Waals surface area contributed by atoms with Crippen LogP contribution in [-0.4, -0.2) is 24.1 Å². The first-order valence-electron chi connectivity index (χ1n) is 5.32. The minimum absolute atomic E-state index is 0.0548. The van der Waals surface area contributed by atoms with E-state index in [-0.39, 0.29) is 16.7 Å². The van der Waals surface area contributed by atoms with Crippen LogP contribution >= 0.6 is 0 Å². The molecule has 0 bridgehead atoms. The van der Waals surface area contributed by atoms with Gasteiger partial charge in [-0.2, -0.15) is 0 Å². The highest BCUT2D eigenvalue weighted by atomic mass is 19.1. The number of amides is 1. The number of halogens is 1. The smallest absolute Gasteiger partial charge is 0.255 e. The molecule has 0 aromatic heterocycles. The van der Waals surface area contributed by atoms with E-state index in [4.69, 9.17) is 5.73 Å². The van der Waals surface area contributed by atoms with E-state index < -0.39 is 11.7 Å². The molecule has 0 aliphatic heterocycles. The van der Waals surface area contributed by atoms with Crippen LogP contribution in [0.2, 0.25) is 0 Å². The van der Waals surface area contributed by atoms with Gasteiger partial charge in [0.1, 0.15) is 11.6 Å². The van der Waals surface area contributed by atoms with Crippen molar-refractivity contribution in [3.8, 4) is 5.75 Å². The van der Waals surface area contributed by atoms with E-state index >= 15 is 0 Å². The Morgan fingerprint density at radius 1 is 1.53 bits per heavy atom. The van der Waals surface area contributed by atoms with Gasteiger partial charge < -0.3 is 16.2 Å². The largest absolute Gasteiger partial charge is 0.507 e. The fourth-order valence-corrected chi connectivity index (χ4v) is 1.18. The Labute approximate surface area is 99.6 Å². The van der Waals surface area contributed by atoms with Crippen LogP contribution in [0.25, 0.3) is 0 Å². The van der Waals surface area contributed by atoms with Gasteiger partial charge in [0.05, 0.1) is 5.56 Å². The molecule has 0 saturated heterocycles. The van der Waals surface area contributed by atoms with Gasteiger partial charge in [-0.3, -0.25) is 4.79 Å². The van der Waals surface area contributed by atoms with Crippen LogP contribution in [0.15, 0.2) is 18.2 Å². The van der Waals surface area contributed by atoms with Crippen molar-refractivity contribution in [1.82, 2.24) is 5.32 Å². The van der Waals surface area contributed by atoms with E-state index in [1.54, 1.807) is 0 Å². The zero-order valence-electron chi connectivity index (χ0n) is 9.96.